The first kappa shape index (κ1) is 13.7. The highest BCUT2D eigenvalue weighted by Gasteiger charge is 2.26. The smallest absolute Gasteiger partial charge is 0.328 e. The summed E-state index contributed by atoms with van der Waals surface area (Å²) in [6.45, 7) is 0.581. The Bertz CT molecular complexity index is 278. The van der Waals surface area contributed by atoms with Gasteiger partial charge in [-0.25, -0.2) is 9.59 Å². The molecular formula is C10H18N2O5. The summed E-state index contributed by atoms with van der Waals surface area (Å²) in [4.78, 5) is 23.8. The van der Waals surface area contributed by atoms with Gasteiger partial charge in [-0.15, -0.1) is 0 Å². The Morgan fingerprint density at radius 3 is 2.53 bits per heavy atom. The maximum Gasteiger partial charge on any atom is 0.328 e. The Kier molecular flexibility index (Phi) is 5.17. The largest absolute Gasteiger partial charge is 0.480 e. The first-order chi connectivity index (χ1) is 8.06. The molecule has 7 heteroatoms. The number of nitrogens with zero attached hydrogens (tertiary/aromatic N) is 1. The molecule has 0 bridgehead atoms. The van der Waals surface area contributed by atoms with E-state index in [9.17, 15) is 9.59 Å². The normalized spacial score (nSPS) is 18.5. The molecule has 98 valence electrons. The van der Waals surface area contributed by atoms with Crippen LogP contribution in [0, 0.1) is 0 Å². The SMILES string of the molecule is CN(C(=O)N[C@@H](CO)C(=O)O)C1CCOCC1. The number of amides is 2. The molecule has 0 aliphatic carbocycles. The number of aliphatic hydroxyl groups is 1. The minimum Gasteiger partial charge on any atom is -0.480 e. The van der Waals surface area contributed by atoms with E-state index in [1.165, 1.54) is 4.90 Å². The zero-order valence-electron chi connectivity index (χ0n) is 9.76. The van der Waals surface area contributed by atoms with Crippen molar-refractivity contribution < 1.29 is 24.5 Å². The molecule has 2 amide bonds. The zero-order chi connectivity index (χ0) is 12.8. The molecule has 1 fully saturated rings. The predicted molar refractivity (Wildman–Crippen MR) is 58.6 cm³/mol. The lowest BCUT2D eigenvalue weighted by molar-refractivity contribution is -0.140. The second-order valence-electron chi connectivity index (χ2n) is 3.98. The highest BCUT2D eigenvalue weighted by Crippen LogP contribution is 2.12. The van der Waals surface area contributed by atoms with Crippen molar-refractivity contribution in [1.82, 2.24) is 10.2 Å². The van der Waals surface area contributed by atoms with Crippen LogP contribution in [0.5, 0.6) is 0 Å². The molecule has 0 aromatic heterocycles. The molecule has 0 radical (unpaired) electrons. The number of hydrogen-bond donors (Lipinski definition) is 3. The number of carbonyl (C=O) groups is 2. The summed E-state index contributed by atoms with van der Waals surface area (Å²) in [5.41, 5.74) is 0. The summed E-state index contributed by atoms with van der Waals surface area (Å²) in [6.07, 6.45) is 1.47. The van der Waals surface area contributed by atoms with Crippen molar-refractivity contribution in [2.45, 2.75) is 24.9 Å². The van der Waals surface area contributed by atoms with Crippen LogP contribution < -0.4 is 5.32 Å². The fourth-order valence-electron chi connectivity index (χ4n) is 1.67. The number of aliphatic hydroxyl groups excluding tert-OH is 1. The van der Waals surface area contributed by atoms with E-state index in [4.69, 9.17) is 14.9 Å². The lowest BCUT2D eigenvalue weighted by Gasteiger charge is -2.31. The molecule has 1 heterocycles. The molecule has 17 heavy (non-hydrogen) atoms. The average molecular weight is 246 g/mol. The third kappa shape index (κ3) is 3.86. The molecule has 1 rings (SSSR count). The number of ether oxygens (including phenoxy) is 1. The highest BCUT2D eigenvalue weighted by molar-refractivity contribution is 5.82. The van der Waals surface area contributed by atoms with Gasteiger partial charge in [0, 0.05) is 26.3 Å². The van der Waals surface area contributed by atoms with E-state index in [-0.39, 0.29) is 6.04 Å². The summed E-state index contributed by atoms with van der Waals surface area (Å²) in [5.74, 6) is -1.25. The second-order valence-corrected chi connectivity index (χ2v) is 3.98. The monoisotopic (exact) mass is 246 g/mol. The Hall–Kier alpha value is -1.34. The standard InChI is InChI=1S/C10H18N2O5/c1-12(7-2-4-17-5-3-7)10(16)11-8(6-13)9(14)15/h7-8,13H,2-6H2,1H3,(H,11,16)(H,14,15)/t8-/m0/s1. The van der Waals surface area contributed by atoms with Crippen molar-refractivity contribution in [2.75, 3.05) is 26.9 Å². The van der Waals surface area contributed by atoms with Gasteiger partial charge in [0.15, 0.2) is 6.04 Å². The molecule has 0 aromatic carbocycles. The predicted octanol–water partition coefficient (Wildman–Crippen LogP) is -0.748. The quantitative estimate of drug-likeness (QED) is 0.606. The number of urea groups is 1. The summed E-state index contributed by atoms with van der Waals surface area (Å²) in [7, 11) is 1.61. The molecule has 1 aliphatic heterocycles. The van der Waals surface area contributed by atoms with Gasteiger partial charge in [-0.1, -0.05) is 0 Å². The van der Waals surface area contributed by atoms with Gasteiger partial charge in [0.05, 0.1) is 6.61 Å². The summed E-state index contributed by atoms with van der Waals surface area (Å²) in [6, 6.07) is -1.69. The van der Waals surface area contributed by atoms with E-state index in [0.717, 1.165) is 12.8 Å². The molecule has 1 aliphatic rings. The Labute approximate surface area is 99.4 Å². The van der Waals surface area contributed by atoms with Gasteiger partial charge in [-0.2, -0.15) is 0 Å². The van der Waals surface area contributed by atoms with Crippen LogP contribution in [-0.2, 0) is 9.53 Å². The van der Waals surface area contributed by atoms with Crippen molar-refractivity contribution in [1.29, 1.82) is 0 Å². The molecule has 1 saturated heterocycles. The third-order valence-electron chi connectivity index (χ3n) is 2.84. The molecule has 1 atom stereocenters. The van der Waals surface area contributed by atoms with Crippen LogP contribution in [-0.4, -0.2) is 66.1 Å². The summed E-state index contributed by atoms with van der Waals surface area (Å²) in [5, 5.41) is 19.8. The highest BCUT2D eigenvalue weighted by atomic mass is 16.5. The number of hydrogen-bond acceptors (Lipinski definition) is 4. The number of nitrogens with one attached hydrogen (secondary N) is 1. The zero-order valence-corrected chi connectivity index (χ0v) is 9.76. The minimum atomic E-state index is -1.26. The molecule has 0 saturated carbocycles. The summed E-state index contributed by atoms with van der Waals surface area (Å²) >= 11 is 0. The van der Waals surface area contributed by atoms with Crippen LogP contribution in [0.2, 0.25) is 0 Å². The van der Waals surface area contributed by atoms with Gasteiger partial charge in [0.25, 0.3) is 0 Å². The Morgan fingerprint density at radius 1 is 1.47 bits per heavy atom. The fraction of sp³-hybridized carbons (Fsp3) is 0.800. The van der Waals surface area contributed by atoms with Crippen molar-refractivity contribution in [3.05, 3.63) is 0 Å². The maximum absolute atomic E-state index is 11.7. The number of carbonyl (C=O) groups excluding carboxylic acids is 1. The number of carboxylic acid groups (broad SMARTS) is 1. The van der Waals surface area contributed by atoms with E-state index < -0.39 is 24.6 Å². The minimum absolute atomic E-state index is 0.0527. The van der Waals surface area contributed by atoms with Crippen molar-refractivity contribution in [3.8, 4) is 0 Å². The summed E-state index contributed by atoms with van der Waals surface area (Å²) < 4.78 is 5.18. The van der Waals surface area contributed by atoms with Gasteiger partial charge >= 0.3 is 12.0 Å². The van der Waals surface area contributed by atoms with E-state index >= 15 is 0 Å². The molecule has 3 N–H and O–H groups in total. The van der Waals surface area contributed by atoms with Gasteiger partial charge in [-0.3, -0.25) is 0 Å². The average Bonchev–Trinajstić information content (AvgIpc) is 2.35. The first-order valence-electron chi connectivity index (χ1n) is 5.51. The van der Waals surface area contributed by atoms with Gasteiger partial charge in [-0.05, 0) is 12.8 Å². The molecular weight excluding hydrogens is 228 g/mol. The maximum atomic E-state index is 11.7. The van der Waals surface area contributed by atoms with Crippen LogP contribution >= 0.6 is 0 Å². The van der Waals surface area contributed by atoms with Crippen molar-refractivity contribution in [2.24, 2.45) is 0 Å². The number of rotatable bonds is 4. The van der Waals surface area contributed by atoms with E-state index in [2.05, 4.69) is 5.32 Å². The molecule has 7 nitrogen and oxygen atoms in total. The van der Waals surface area contributed by atoms with Crippen LogP contribution in [0.25, 0.3) is 0 Å². The van der Waals surface area contributed by atoms with E-state index in [1.54, 1.807) is 7.05 Å². The second kappa shape index (κ2) is 6.41. The van der Waals surface area contributed by atoms with Crippen molar-refractivity contribution in [3.63, 3.8) is 0 Å². The van der Waals surface area contributed by atoms with E-state index in [1.807, 2.05) is 0 Å². The van der Waals surface area contributed by atoms with Crippen LogP contribution in [0.15, 0.2) is 0 Å². The van der Waals surface area contributed by atoms with E-state index in [0.29, 0.717) is 13.2 Å². The van der Waals surface area contributed by atoms with Crippen LogP contribution in [0.4, 0.5) is 4.79 Å². The Morgan fingerprint density at radius 2 is 2.06 bits per heavy atom. The van der Waals surface area contributed by atoms with Gasteiger partial charge in [0.1, 0.15) is 0 Å². The fourth-order valence-corrected chi connectivity index (χ4v) is 1.67. The van der Waals surface area contributed by atoms with Gasteiger partial charge < -0.3 is 25.2 Å². The number of carboxylic acids is 1. The Balaban J connectivity index is 2.47. The molecule has 0 aromatic rings. The molecule has 0 spiro atoms. The topological polar surface area (TPSA) is 99.1 Å². The van der Waals surface area contributed by atoms with Crippen LogP contribution in [0.3, 0.4) is 0 Å². The lowest BCUT2D eigenvalue weighted by atomic mass is 10.1. The lowest BCUT2D eigenvalue weighted by Crippen LogP contribution is -2.52. The number of aliphatic carboxylic acids is 1. The van der Waals surface area contributed by atoms with Gasteiger partial charge in [0.2, 0.25) is 0 Å². The first-order valence-corrected chi connectivity index (χ1v) is 5.51. The van der Waals surface area contributed by atoms with Crippen molar-refractivity contribution >= 4 is 12.0 Å². The molecule has 0 unspecified atom stereocenters. The third-order valence-corrected chi connectivity index (χ3v) is 2.84. The van der Waals surface area contributed by atoms with Crippen LogP contribution in [0.1, 0.15) is 12.8 Å².